The standard InChI is InChI=1S/C15H15F4N5O2S/c1-2-24(13(15(17,18)19)9-3-5-10(16)6-4-9)27(25,26)11-7-12(23-21)14(20)22-8-11/h3-8,13,21H,2H2,1H3,(H2,20,22)/t13-/m1/s1. The monoisotopic (exact) mass is 405 g/mol. The van der Waals surface area contributed by atoms with Gasteiger partial charge in [-0.1, -0.05) is 19.1 Å². The first-order chi connectivity index (χ1) is 12.5. The SMILES string of the molecule is CCN([C@H](c1ccc(F)cc1)C(F)(F)F)S(=O)(=O)c1cnc(N)c(N=N)c1. The minimum absolute atomic E-state index is 0.223. The Kier molecular flexibility index (Phi) is 5.80. The number of alkyl halides is 3. The fraction of sp³-hybridized carbons (Fsp3) is 0.267. The van der Waals surface area contributed by atoms with Gasteiger partial charge in [0.05, 0.1) is 0 Å². The fourth-order valence-corrected chi connectivity index (χ4v) is 4.04. The van der Waals surface area contributed by atoms with E-state index < -0.39 is 45.1 Å². The molecule has 0 saturated carbocycles. The molecule has 146 valence electrons. The van der Waals surface area contributed by atoms with Gasteiger partial charge in [0.25, 0.3) is 0 Å². The molecule has 2 rings (SSSR count). The molecule has 0 aliphatic rings. The van der Waals surface area contributed by atoms with Gasteiger partial charge in [0.15, 0.2) is 5.82 Å². The van der Waals surface area contributed by atoms with Crippen molar-refractivity contribution in [2.45, 2.75) is 24.0 Å². The van der Waals surface area contributed by atoms with E-state index in [0.29, 0.717) is 0 Å². The van der Waals surface area contributed by atoms with Gasteiger partial charge < -0.3 is 5.73 Å². The predicted octanol–water partition coefficient (Wildman–Crippen LogP) is 3.78. The number of nitrogens with zero attached hydrogens (tertiary/aromatic N) is 3. The van der Waals surface area contributed by atoms with E-state index in [0.717, 1.165) is 36.5 Å². The van der Waals surface area contributed by atoms with E-state index in [9.17, 15) is 26.0 Å². The van der Waals surface area contributed by atoms with E-state index in [-0.39, 0.29) is 15.8 Å². The number of aromatic nitrogens is 1. The molecule has 0 spiro atoms. The van der Waals surface area contributed by atoms with Gasteiger partial charge in [0.2, 0.25) is 10.0 Å². The second-order valence-electron chi connectivity index (χ2n) is 5.39. The highest BCUT2D eigenvalue weighted by atomic mass is 32.2. The van der Waals surface area contributed by atoms with Crippen LogP contribution < -0.4 is 5.73 Å². The van der Waals surface area contributed by atoms with Gasteiger partial charge in [-0.05, 0) is 23.8 Å². The maximum Gasteiger partial charge on any atom is 0.409 e. The zero-order valence-electron chi connectivity index (χ0n) is 13.9. The minimum atomic E-state index is -4.97. The lowest BCUT2D eigenvalue weighted by atomic mass is 10.1. The van der Waals surface area contributed by atoms with Gasteiger partial charge in [0.1, 0.15) is 22.4 Å². The summed E-state index contributed by atoms with van der Waals surface area (Å²) >= 11 is 0. The molecule has 1 aromatic carbocycles. The molecule has 0 amide bonds. The Hall–Kier alpha value is -2.60. The van der Waals surface area contributed by atoms with Gasteiger partial charge in [-0.15, -0.1) is 0 Å². The third-order valence-electron chi connectivity index (χ3n) is 3.69. The average Bonchev–Trinajstić information content (AvgIpc) is 2.59. The molecule has 0 aliphatic carbocycles. The summed E-state index contributed by atoms with van der Waals surface area (Å²) in [6, 6.07) is 1.70. The van der Waals surface area contributed by atoms with Crippen molar-refractivity contribution in [3.05, 3.63) is 47.9 Å². The maximum atomic E-state index is 13.7. The predicted molar refractivity (Wildman–Crippen MR) is 88.2 cm³/mol. The molecule has 27 heavy (non-hydrogen) atoms. The lowest BCUT2D eigenvalue weighted by molar-refractivity contribution is -0.173. The van der Waals surface area contributed by atoms with E-state index in [1.165, 1.54) is 6.92 Å². The van der Waals surface area contributed by atoms with Crippen molar-refractivity contribution in [1.29, 1.82) is 5.53 Å². The summed E-state index contributed by atoms with van der Waals surface area (Å²) in [5.74, 6) is -0.993. The number of pyridine rings is 1. The van der Waals surface area contributed by atoms with Crippen LogP contribution in [0.1, 0.15) is 18.5 Å². The summed E-state index contributed by atoms with van der Waals surface area (Å²) in [6.07, 6.45) is -4.18. The van der Waals surface area contributed by atoms with Gasteiger partial charge >= 0.3 is 6.18 Å². The summed E-state index contributed by atoms with van der Waals surface area (Å²) in [5.41, 5.74) is 11.7. The molecule has 0 fully saturated rings. The zero-order valence-corrected chi connectivity index (χ0v) is 14.7. The highest BCUT2D eigenvalue weighted by Gasteiger charge is 2.48. The number of halogens is 4. The molecule has 0 saturated heterocycles. The number of hydrogen-bond donors (Lipinski definition) is 2. The molecule has 0 radical (unpaired) electrons. The summed E-state index contributed by atoms with van der Waals surface area (Å²) in [4.78, 5) is 2.97. The van der Waals surface area contributed by atoms with E-state index in [1.54, 1.807) is 0 Å². The maximum absolute atomic E-state index is 13.7. The Bertz CT molecular complexity index is 932. The number of rotatable bonds is 6. The van der Waals surface area contributed by atoms with Crippen LogP contribution in [0.2, 0.25) is 0 Å². The van der Waals surface area contributed by atoms with Crippen LogP contribution in [0.3, 0.4) is 0 Å². The summed E-state index contributed by atoms with van der Waals surface area (Å²) in [7, 11) is -4.68. The molecule has 0 bridgehead atoms. The highest BCUT2D eigenvalue weighted by Crippen LogP contribution is 2.40. The van der Waals surface area contributed by atoms with Crippen LogP contribution in [-0.4, -0.2) is 30.4 Å². The van der Waals surface area contributed by atoms with Gasteiger partial charge in [-0.2, -0.15) is 22.6 Å². The third-order valence-corrected chi connectivity index (χ3v) is 5.60. The molecule has 1 aromatic heterocycles. The Morgan fingerprint density at radius 2 is 1.89 bits per heavy atom. The molecular formula is C15H15F4N5O2S. The number of benzene rings is 1. The van der Waals surface area contributed by atoms with E-state index in [1.807, 2.05) is 0 Å². The molecule has 0 unspecified atom stereocenters. The first-order valence-electron chi connectivity index (χ1n) is 7.49. The Morgan fingerprint density at radius 1 is 1.30 bits per heavy atom. The number of nitrogens with one attached hydrogen (secondary N) is 1. The molecular weight excluding hydrogens is 390 g/mol. The lowest BCUT2D eigenvalue weighted by Gasteiger charge is -2.31. The molecule has 0 aliphatic heterocycles. The quantitative estimate of drug-likeness (QED) is 0.562. The van der Waals surface area contributed by atoms with Gasteiger partial charge in [-0.3, -0.25) is 0 Å². The van der Waals surface area contributed by atoms with Crippen molar-refractivity contribution in [3.63, 3.8) is 0 Å². The number of hydrogen-bond acceptors (Lipinski definition) is 6. The van der Waals surface area contributed by atoms with Crippen LogP contribution in [0.5, 0.6) is 0 Å². The average molecular weight is 405 g/mol. The van der Waals surface area contributed by atoms with Crippen LogP contribution in [0.4, 0.5) is 29.1 Å². The molecule has 7 nitrogen and oxygen atoms in total. The Labute approximate surface area is 152 Å². The normalized spacial score (nSPS) is 13.6. The number of sulfonamides is 1. The number of anilines is 1. The van der Waals surface area contributed by atoms with Gasteiger partial charge in [0, 0.05) is 12.7 Å². The van der Waals surface area contributed by atoms with Crippen LogP contribution in [0.25, 0.3) is 0 Å². The second kappa shape index (κ2) is 7.56. The molecule has 2 aromatic rings. The van der Waals surface area contributed by atoms with E-state index in [2.05, 4.69) is 10.1 Å². The molecule has 1 heterocycles. The van der Waals surface area contributed by atoms with E-state index in [4.69, 9.17) is 11.3 Å². The largest absolute Gasteiger partial charge is 0.409 e. The van der Waals surface area contributed by atoms with Crippen LogP contribution in [0.15, 0.2) is 46.5 Å². The Balaban J connectivity index is 2.62. The van der Waals surface area contributed by atoms with Crippen molar-refractivity contribution < 1.29 is 26.0 Å². The van der Waals surface area contributed by atoms with Crippen LogP contribution in [-0.2, 0) is 10.0 Å². The van der Waals surface area contributed by atoms with Crippen molar-refractivity contribution >= 4 is 21.5 Å². The summed E-state index contributed by atoms with van der Waals surface area (Å²) in [6.45, 7) is 0.710. The van der Waals surface area contributed by atoms with Crippen molar-refractivity contribution in [2.75, 3.05) is 12.3 Å². The third kappa shape index (κ3) is 4.22. The minimum Gasteiger partial charge on any atom is -0.382 e. The first-order valence-corrected chi connectivity index (χ1v) is 8.93. The van der Waals surface area contributed by atoms with Crippen molar-refractivity contribution in [2.24, 2.45) is 5.11 Å². The highest BCUT2D eigenvalue weighted by molar-refractivity contribution is 7.89. The van der Waals surface area contributed by atoms with Gasteiger partial charge in [-0.25, -0.2) is 23.3 Å². The topological polar surface area (TPSA) is 112 Å². The van der Waals surface area contributed by atoms with Crippen LogP contribution in [0, 0.1) is 11.3 Å². The smallest absolute Gasteiger partial charge is 0.382 e. The number of nitrogen functional groups attached to an aromatic ring is 1. The summed E-state index contributed by atoms with van der Waals surface area (Å²) < 4.78 is 80.1. The number of nitrogens with two attached hydrogens (primary N) is 1. The second-order valence-corrected chi connectivity index (χ2v) is 7.28. The zero-order chi connectivity index (χ0) is 20.4. The molecule has 12 heteroatoms. The van der Waals surface area contributed by atoms with E-state index >= 15 is 0 Å². The Morgan fingerprint density at radius 3 is 2.37 bits per heavy atom. The van der Waals surface area contributed by atoms with Crippen LogP contribution >= 0.6 is 0 Å². The lowest BCUT2D eigenvalue weighted by Crippen LogP contribution is -2.42. The molecule has 3 N–H and O–H groups in total. The first kappa shape index (κ1) is 20.7. The summed E-state index contributed by atoms with van der Waals surface area (Å²) in [5, 5.41) is 3.01. The molecule has 1 atom stereocenters. The fourth-order valence-electron chi connectivity index (χ4n) is 2.47. The van der Waals surface area contributed by atoms with Crippen molar-refractivity contribution in [1.82, 2.24) is 9.29 Å². The van der Waals surface area contributed by atoms with Crippen molar-refractivity contribution in [3.8, 4) is 0 Å².